The van der Waals surface area contributed by atoms with Crippen LogP contribution >= 0.6 is 0 Å². The lowest BCUT2D eigenvalue weighted by Gasteiger charge is -2.14. The Morgan fingerprint density at radius 1 is 0.545 bits per heavy atom. The van der Waals surface area contributed by atoms with Gasteiger partial charge in [-0.25, -0.2) is 4.98 Å². The van der Waals surface area contributed by atoms with Crippen molar-refractivity contribution < 1.29 is 0 Å². The zero-order valence-electron chi connectivity index (χ0n) is 17.7. The van der Waals surface area contributed by atoms with Crippen molar-refractivity contribution in [2.75, 3.05) is 0 Å². The molecule has 4 heteroatoms. The van der Waals surface area contributed by atoms with Gasteiger partial charge in [-0.3, -0.25) is 14.5 Å². The first-order chi connectivity index (χ1) is 16.4. The van der Waals surface area contributed by atoms with Gasteiger partial charge in [-0.05, 0) is 23.6 Å². The molecule has 33 heavy (non-hydrogen) atoms. The van der Waals surface area contributed by atoms with E-state index in [1.54, 1.807) is 0 Å². The molecule has 0 amide bonds. The molecular formula is C29H18N4. The number of benzene rings is 4. The number of pyridine rings is 2. The number of nitrogens with zero attached hydrogens (tertiary/aromatic N) is 4. The average Bonchev–Trinajstić information content (AvgIpc) is 3.30. The van der Waals surface area contributed by atoms with E-state index >= 15 is 0 Å². The van der Waals surface area contributed by atoms with Crippen LogP contribution in [0.1, 0.15) is 0 Å². The van der Waals surface area contributed by atoms with Crippen LogP contribution in [0, 0.1) is 0 Å². The zero-order chi connectivity index (χ0) is 21.8. The molecule has 4 aromatic carbocycles. The third-order valence-corrected chi connectivity index (χ3v) is 6.36. The van der Waals surface area contributed by atoms with Crippen molar-refractivity contribution in [1.82, 2.24) is 19.5 Å². The van der Waals surface area contributed by atoms with Gasteiger partial charge in [-0.1, -0.05) is 66.7 Å². The Labute approximate surface area is 189 Å². The second kappa shape index (κ2) is 6.97. The van der Waals surface area contributed by atoms with Gasteiger partial charge in [0.2, 0.25) is 0 Å². The second-order valence-corrected chi connectivity index (χ2v) is 8.17. The van der Waals surface area contributed by atoms with Gasteiger partial charge in [0.05, 0.1) is 16.7 Å². The predicted octanol–water partition coefficient (Wildman–Crippen LogP) is 6.94. The summed E-state index contributed by atoms with van der Waals surface area (Å²) >= 11 is 0. The third-order valence-electron chi connectivity index (χ3n) is 6.36. The van der Waals surface area contributed by atoms with Gasteiger partial charge in [0, 0.05) is 57.3 Å². The van der Waals surface area contributed by atoms with Crippen molar-refractivity contribution in [3.05, 3.63) is 110 Å². The second-order valence-electron chi connectivity index (χ2n) is 8.17. The fourth-order valence-corrected chi connectivity index (χ4v) is 4.91. The molecule has 0 aliphatic carbocycles. The van der Waals surface area contributed by atoms with Crippen molar-refractivity contribution in [3.8, 4) is 17.1 Å². The van der Waals surface area contributed by atoms with E-state index in [1.807, 2.05) is 30.9 Å². The number of hydrogen-bond donors (Lipinski definition) is 0. The SMILES string of the molecule is c1ccc(-c2nc3c4ccncc4c4cnccc4c3n2-c2cccc3ccccc23)cc1. The van der Waals surface area contributed by atoms with Gasteiger partial charge in [-0.15, -0.1) is 0 Å². The minimum atomic E-state index is 0.921. The van der Waals surface area contributed by atoms with Crippen LogP contribution in [0.3, 0.4) is 0 Å². The lowest BCUT2D eigenvalue weighted by atomic mass is 10.0. The maximum absolute atomic E-state index is 5.26. The van der Waals surface area contributed by atoms with Crippen LogP contribution in [-0.2, 0) is 0 Å². The maximum atomic E-state index is 5.26. The van der Waals surface area contributed by atoms with Crippen LogP contribution in [-0.4, -0.2) is 19.5 Å². The maximum Gasteiger partial charge on any atom is 0.145 e. The van der Waals surface area contributed by atoms with Gasteiger partial charge < -0.3 is 0 Å². The molecular weight excluding hydrogens is 404 g/mol. The van der Waals surface area contributed by atoms with E-state index in [4.69, 9.17) is 4.98 Å². The summed E-state index contributed by atoms with van der Waals surface area (Å²) in [6.07, 6.45) is 7.54. The molecule has 0 radical (unpaired) electrons. The van der Waals surface area contributed by atoms with Gasteiger partial charge >= 0.3 is 0 Å². The molecule has 0 saturated carbocycles. The summed E-state index contributed by atoms with van der Waals surface area (Å²) in [4.78, 5) is 14.1. The van der Waals surface area contributed by atoms with Crippen molar-refractivity contribution in [2.45, 2.75) is 0 Å². The molecule has 0 spiro atoms. The van der Waals surface area contributed by atoms with E-state index in [1.165, 1.54) is 10.8 Å². The van der Waals surface area contributed by atoms with Crippen LogP contribution in [0.25, 0.3) is 60.4 Å². The standard InChI is InChI=1S/C29H18N4/c1-2-8-20(9-3-1)29-32-27-22-13-15-30-17-24(22)25-18-31-16-14-23(25)28(27)33(29)26-12-6-10-19-7-4-5-11-21(19)26/h1-18H. The number of rotatable bonds is 2. The van der Waals surface area contributed by atoms with Crippen molar-refractivity contribution in [1.29, 1.82) is 0 Å². The highest BCUT2D eigenvalue weighted by Gasteiger charge is 2.21. The van der Waals surface area contributed by atoms with Crippen molar-refractivity contribution in [3.63, 3.8) is 0 Å². The largest absolute Gasteiger partial charge is 0.291 e. The highest BCUT2D eigenvalue weighted by molar-refractivity contribution is 6.24. The Morgan fingerprint density at radius 2 is 1.24 bits per heavy atom. The van der Waals surface area contributed by atoms with E-state index in [0.29, 0.717) is 0 Å². The number of imidazole rings is 1. The van der Waals surface area contributed by atoms with E-state index in [0.717, 1.165) is 49.7 Å². The van der Waals surface area contributed by atoms with Gasteiger partial charge in [0.25, 0.3) is 0 Å². The van der Waals surface area contributed by atoms with Crippen LogP contribution in [0.15, 0.2) is 110 Å². The Bertz CT molecular complexity index is 1810. The first-order valence-electron chi connectivity index (χ1n) is 11.0. The lowest BCUT2D eigenvalue weighted by Crippen LogP contribution is -1.99. The molecule has 0 bridgehead atoms. The Balaban J connectivity index is 1.77. The molecule has 7 rings (SSSR count). The minimum absolute atomic E-state index is 0.921. The summed E-state index contributed by atoms with van der Waals surface area (Å²) in [5, 5.41) is 6.73. The van der Waals surface area contributed by atoms with Crippen LogP contribution in [0.4, 0.5) is 0 Å². The molecule has 0 fully saturated rings. The first kappa shape index (κ1) is 18.0. The van der Waals surface area contributed by atoms with Gasteiger partial charge in [0.15, 0.2) is 0 Å². The molecule has 3 heterocycles. The number of hydrogen-bond acceptors (Lipinski definition) is 3. The topological polar surface area (TPSA) is 43.6 Å². The van der Waals surface area contributed by atoms with Gasteiger partial charge in [-0.2, -0.15) is 0 Å². The van der Waals surface area contributed by atoms with E-state index in [9.17, 15) is 0 Å². The average molecular weight is 422 g/mol. The molecule has 0 N–H and O–H groups in total. The lowest BCUT2D eigenvalue weighted by molar-refractivity contribution is 1.12. The fourth-order valence-electron chi connectivity index (χ4n) is 4.91. The van der Waals surface area contributed by atoms with Crippen molar-refractivity contribution >= 4 is 43.4 Å². The summed E-state index contributed by atoms with van der Waals surface area (Å²) in [6.45, 7) is 0. The van der Waals surface area contributed by atoms with E-state index < -0.39 is 0 Å². The molecule has 0 aliphatic rings. The monoisotopic (exact) mass is 422 g/mol. The summed E-state index contributed by atoms with van der Waals surface area (Å²) in [6, 6.07) is 29.5. The predicted molar refractivity (Wildman–Crippen MR) is 135 cm³/mol. The van der Waals surface area contributed by atoms with Crippen LogP contribution in [0.5, 0.6) is 0 Å². The molecule has 4 nitrogen and oxygen atoms in total. The van der Waals surface area contributed by atoms with E-state index in [2.05, 4.69) is 93.4 Å². The summed E-state index contributed by atoms with van der Waals surface area (Å²) in [7, 11) is 0. The van der Waals surface area contributed by atoms with E-state index in [-0.39, 0.29) is 0 Å². The highest BCUT2D eigenvalue weighted by Crippen LogP contribution is 2.39. The van der Waals surface area contributed by atoms with Crippen LogP contribution < -0.4 is 0 Å². The summed E-state index contributed by atoms with van der Waals surface area (Å²) < 4.78 is 2.31. The molecule has 0 aliphatic heterocycles. The normalized spacial score (nSPS) is 11.6. The number of aromatic nitrogens is 4. The fraction of sp³-hybridized carbons (Fsp3) is 0. The molecule has 7 aromatic rings. The van der Waals surface area contributed by atoms with Gasteiger partial charge in [0.1, 0.15) is 5.82 Å². The minimum Gasteiger partial charge on any atom is -0.291 e. The molecule has 3 aromatic heterocycles. The smallest absolute Gasteiger partial charge is 0.145 e. The molecule has 0 atom stereocenters. The summed E-state index contributed by atoms with van der Waals surface area (Å²) in [5.41, 5.74) is 4.24. The quantitative estimate of drug-likeness (QED) is 0.283. The molecule has 0 saturated heterocycles. The Morgan fingerprint density at radius 3 is 2.09 bits per heavy atom. The third kappa shape index (κ3) is 2.61. The number of fused-ring (bicyclic) bond motifs is 7. The Hall–Kier alpha value is -4.57. The molecule has 154 valence electrons. The molecule has 0 unspecified atom stereocenters. The van der Waals surface area contributed by atoms with Crippen LogP contribution in [0.2, 0.25) is 0 Å². The Kier molecular flexibility index (Phi) is 3.81. The highest BCUT2D eigenvalue weighted by atomic mass is 15.1. The summed E-state index contributed by atoms with van der Waals surface area (Å²) in [5.74, 6) is 0.921. The van der Waals surface area contributed by atoms with Crippen molar-refractivity contribution in [2.24, 2.45) is 0 Å². The zero-order valence-corrected chi connectivity index (χ0v) is 17.7. The first-order valence-corrected chi connectivity index (χ1v) is 11.0.